The maximum Gasteiger partial charge on any atom is 0.0725 e. The van der Waals surface area contributed by atoms with Crippen molar-refractivity contribution in [3.63, 3.8) is 0 Å². The summed E-state index contributed by atoms with van der Waals surface area (Å²) >= 11 is 0. The first-order valence-corrected chi connectivity index (χ1v) is 40.8. The molecule has 0 amide bonds. The molecule has 27 rings (SSSR count). The van der Waals surface area contributed by atoms with Gasteiger partial charge >= 0.3 is 0 Å². The van der Waals surface area contributed by atoms with Crippen LogP contribution in [0.4, 0.5) is 0 Å². The molecular formula is C113H72. The highest BCUT2D eigenvalue weighted by Gasteiger charge is 2.56. The van der Waals surface area contributed by atoms with Crippen LogP contribution >= 0.6 is 0 Å². The lowest BCUT2D eigenvalue weighted by atomic mass is 9.70. The van der Waals surface area contributed by atoms with Gasteiger partial charge in [-0.1, -0.05) is 315 Å². The van der Waals surface area contributed by atoms with Crippen molar-refractivity contribution in [2.45, 2.75) is 65.6 Å². The van der Waals surface area contributed by atoms with Crippen molar-refractivity contribution < 1.29 is 0 Å². The van der Waals surface area contributed by atoms with E-state index in [4.69, 9.17) is 0 Å². The van der Waals surface area contributed by atoms with Gasteiger partial charge in [0, 0.05) is 16.2 Å². The van der Waals surface area contributed by atoms with Crippen molar-refractivity contribution in [2.24, 2.45) is 0 Å². The molecule has 0 heteroatoms. The van der Waals surface area contributed by atoms with E-state index in [0.29, 0.717) is 0 Å². The molecule has 113 heavy (non-hydrogen) atoms. The lowest BCUT2D eigenvalue weighted by Crippen LogP contribution is -2.26. The van der Waals surface area contributed by atoms with Crippen molar-refractivity contribution in [3.8, 4) is 122 Å². The van der Waals surface area contributed by atoms with Crippen LogP contribution in [0.1, 0.15) is 111 Å². The van der Waals surface area contributed by atoms with E-state index in [1.54, 1.807) is 0 Å². The lowest BCUT2D eigenvalue weighted by molar-refractivity contribution is 0.563. The maximum atomic E-state index is 2.63. The molecule has 0 saturated heterocycles. The Morgan fingerprint density at radius 2 is 0.265 bits per heavy atom. The molecule has 0 atom stereocenters. The highest BCUT2D eigenvalue weighted by molar-refractivity contribution is 6.00. The second kappa shape index (κ2) is 21.6. The first kappa shape index (κ1) is 61.5. The molecule has 5 spiro atoms. The quantitative estimate of drug-likeness (QED) is 0.165. The SMILES string of the molecule is c1ccc2c(c1)CC1(C2)c2cc(-c3ccc4c(c3)C3(Cc5ccccc5C3)c3cc(-c5ccc6c(c5)C5(c7ccccc7-c7ccccc75)c5ccccc5-6)ccc3-4)ccc2-c2ccc(-c3ccc4c(c3)C3(Cc5ccccc5C3)c3cc(-c5ccc6c(c5)C5(c7ccccc7-c7ccccc75)c5ccccc5-6)ccc3-4)cc21. The summed E-state index contributed by atoms with van der Waals surface area (Å²) in [5.41, 5.74) is 56.3. The van der Waals surface area contributed by atoms with E-state index < -0.39 is 10.8 Å². The molecule has 0 heterocycles. The average molecular weight is 1430 g/mol. The molecule has 0 aromatic heterocycles. The van der Waals surface area contributed by atoms with Gasteiger partial charge in [-0.2, -0.15) is 0 Å². The van der Waals surface area contributed by atoms with Crippen molar-refractivity contribution >= 4 is 0 Å². The van der Waals surface area contributed by atoms with Gasteiger partial charge in [-0.05, 0) is 321 Å². The first-order valence-electron chi connectivity index (χ1n) is 40.8. The van der Waals surface area contributed by atoms with Crippen molar-refractivity contribution in [1.82, 2.24) is 0 Å². The van der Waals surface area contributed by atoms with Gasteiger partial charge in [0.15, 0.2) is 0 Å². The number of hydrogen-bond donors (Lipinski definition) is 0. The van der Waals surface area contributed by atoms with Gasteiger partial charge in [0.1, 0.15) is 0 Å². The largest absolute Gasteiger partial charge is 0.0725 e. The zero-order chi connectivity index (χ0) is 73.4. The molecule has 0 saturated carbocycles. The number of rotatable bonds is 4. The fourth-order valence-electron chi connectivity index (χ4n) is 25.1. The highest BCUT2D eigenvalue weighted by Crippen LogP contribution is 2.67. The van der Waals surface area contributed by atoms with Gasteiger partial charge in [0.05, 0.1) is 10.8 Å². The topological polar surface area (TPSA) is 0 Å². The van der Waals surface area contributed by atoms with Crippen LogP contribution in [-0.2, 0) is 65.6 Å². The van der Waals surface area contributed by atoms with E-state index in [1.165, 1.54) is 234 Å². The molecule has 10 aliphatic rings. The zero-order valence-electron chi connectivity index (χ0n) is 62.4. The Hall–Kier alpha value is -13.3. The molecule has 17 aromatic rings. The fourth-order valence-corrected chi connectivity index (χ4v) is 25.1. The van der Waals surface area contributed by atoms with Gasteiger partial charge in [-0.15, -0.1) is 0 Å². The standard InChI is InChI=1S/C113H72/c1-2-20-76-62-109(61-75(76)19-1)101-53-67(69-39-47-89-91-49-41-71(57-105(91)110(103(89)55-69)63-77-21-3-4-22-78(77)64-110)73-43-51-93-85-29-11-17-35-99(85)112(107(93)59-73)95-31-13-7-25-81(95)82-26-8-14-32-96(82)112)37-45-87(101)88-46-38-68(54-102(88)109)70-40-48-90-92-50-42-72(58-106(92)111(104(90)56-70)65-79-23-5-6-24-80(79)66-111)74-44-52-94-86-30-12-18-36-100(86)113(108(94)60-74)97-33-15-9-27-83(97)84-28-10-16-34-98(84)113/h1-60H,61-66H2. The second-order valence-electron chi connectivity index (χ2n) is 34.5. The van der Waals surface area contributed by atoms with E-state index >= 15 is 0 Å². The zero-order valence-corrected chi connectivity index (χ0v) is 62.4. The summed E-state index contributed by atoms with van der Waals surface area (Å²) in [5, 5.41) is 0. The van der Waals surface area contributed by atoms with Crippen LogP contribution in [0.2, 0.25) is 0 Å². The minimum atomic E-state index is -0.403. The smallest absolute Gasteiger partial charge is 0.0620 e. The fraction of sp³-hybridized carbons (Fsp3) is 0.0973. The van der Waals surface area contributed by atoms with Crippen LogP contribution in [0, 0.1) is 0 Å². The lowest BCUT2D eigenvalue weighted by Gasteiger charge is -2.31. The van der Waals surface area contributed by atoms with E-state index in [1.807, 2.05) is 0 Å². The summed E-state index contributed by atoms with van der Waals surface area (Å²) < 4.78 is 0. The Kier molecular flexibility index (Phi) is 11.8. The van der Waals surface area contributed by atoms with Crippen LogP contribution in [-0.4, -0.2) is 0 Å². The summed E-state index contributed by atoms with van der Waals surface area (Å²) in [6.45, 7) is 0. The predicted molar refractivity (Wildman–Crippen MR) is 461 cm³/mol. The van der Waals surface area contributed by atoms with Gasteiger partial charge in [-0.3, -0.25) is 0 Å². The molecule has 17 aromatic carbocycles. The Labute approximate surface area is 658 Å². The van der Waals surface area contributed by atoms with Crippen molar-refractivity contribution in [2.75, 3.05) is 0 Å². The molecule has 0 aliphatic heterocycles. The van der Waals surface area contributed by atoms with Crippen LogP contribution in [0.25, 0.3) is 122 Å². The number of hydrogen-bond acceptors (Lipinski definition) is 0. The Bertz CT molecular complexity index is 6610. The van der Waals surface area contributed by atoms with Crippen LogP contribution in [0.15, 0.2) is 364 Å². The third-order valence-electron chi connectivity index (χ3n) is 29.7. The number of benzene rings is 17. The van der Waals surface area contributed by atoms with Crippen molar-refractivity contribution in [1.29, 1.82) is 0 Å². The van der Waals surface area contributed by atoms with E-state index in [-0.39, 0.29) is 16.2 Å². The Morgan fingerprint density at radius 3 is 0.451 bits per heavy atom. The van der Waals surface area contributed by atoms with E-state index in [0.717, 1.165) is 38.5 Å². The molecule has 0 N–H and O–H groups in total. The second-order valence-corrected chi connectivity index (χ2v) is 34.5. The van der Waals surface area contributed by atoms with Crippen LogP contribution < -0.4 is 0 Å². The summed E-state index contributed by atoms with van der Waals surface area (Å²) in [6.07, 6.45) is 5.84. The number of fused-ring (bicyclic) bond motifs is 38. The van der Waals surface area contributed by atoms with E-state index in [2.05, 4.69) is 364 Å². The normalized spacial score (nSPS) is 16.5. The minimum Gasteiger partial charge on any atom is -0.0620 e. The molecule has 524 valence electrons. The van der Waals surface area contributed by atoms with Crippen molar-refractivity contribution in [3.05, 3.63) is 475 Å². The Balaban J connectivity index is 0.557. The van der Waals surface area contributed by atoms with Gasteiger partial charge in [0.25, 0.3) is 0 Å². The van der Waals surface area contributed by atoms with Gasteiger partial charge < -0.3 is 0 Å². The molecular weight excluding hydrogens is 1360 g/mol. The third kappa shape index (κ3) is 7.64. The average Bonchev–Trinajstić information content (AvgIpc) is 1.51. The van der Waals surface area contributed by atoms with Gasteiger partial charge in [0.2, 0.25) is 0 Å². The maximum absolute atomic E-state index is 2.63. The van der Waals surface area contributed by atoms with E-state index in [9.17, 15) is 0 Å². The van der Waals surface area contributed by atoms with Crippen LogP contribution in [0.3, 0.4) is 0 Å². The first-order chi connectivity index (χ1) is 55.9. The third-order valence-corrected chi connectivity index (χ3v) is 29.7. The minimum absolute atomic E-state index is 0.224. The summed E-state index contributed by atoms with van der Waals surface area (Å²) in [4.78, 5) is 0. The summed E-state index contributed by atoms with van der Waals surface area (Å²) in [5.74, 6) is 0. The molecule has 0 nitrogen and oxygen atoms in total. The molecule has 0 unspecified atom stereocenters. The molecule has 0 bridgehead atoms. The summed E-state index contributed by atoms with van der Waals surface area (Å²) in [7, 11) is 0. The van der Waals surface area contributed by atoms with Gasteiger partial charge in [-0.25, -0.2) is 0 Å². The molecule has 0 fully saturated rings. The Morgan fingerprint density at radius 1 is 0.124 bits per heavy atom. The predicted octanol–water partition coefficient (Wildman–Crippen LogP) is 26.2. The molecule has 0 radical (unpaired) electrons. The summed E-state index contributed by atoms with van der Waals surface area (Å²) in [6, 6.07) is 143. The van der Waals surface area contributed by atoms with Crippen LogP contribution in [0.5, 0.6) is 0 Å². The monoisotopic (exact) mass is 1430 g/mol. The molecule has 10 aliphatic carbocycles. The highest BCUT2D eigenvalue weighted by atomic mass is 14.6.